The van der Waals surface area contributed by atoms with Gasteiger partial charge in [-0.25, -0.2) is 13.1 Å². The van der Waals surface area contributed by atoms with Crippen molar-refractivity contribution >= 4 is 10.0 Å². The van der Waals surface area contributed by atoms with Crippen molar-refractivity contribution in [3.8, 4) is 0 Å². The summed E-state index contributed by atoms with van der Waals surface area (Å²) < 4.78 is 25.6. The lowest BCUT2D eigenvalue weighted by atomic mass is 10.2. The van der Waals surface area contributed by atoms with E-state index in [-0.39, 0.29) is 0 Å². The summed E-state index contributed by atoms with van der Waals surface area (Å²) in [7, 11) is -1.93. The number of benzene rings is 1. The van der Waals surface area contributed by atoms with E-state index in [0.29, 0.717) is 11.4 Å². The summed E-state index contributed by atoms with van der Waals surface area (Å²) in [6, 6.07) is 6.98. The summed E-state index contributed by atoms with van der Waals surface area (Å²) >= 11 is 0. The number of hydrogen-bond acceptors (Lipinski definition) is 3. The summed E-state index contributed by atoms with van der Waals surface area (Å²) in [4.78, 5) is 0.341. The standard InChI is InChI=1S/C10H16N2O2S/c1-3-12-8-9-6-4-5-7-10(9)15(13,14)11-2/h4-7,11-12H,3,8H2,1-2H3. The largest absolute Gasteiger partial charge is 0.313 e. The molecule has 0 saturated heterocycles. The molecule has 0 unspecified atom stereocenters. The van der Waals surface area contributed by atoms with Crippen LogP contribution < -0.4 is 10.0 Å². The fourth-order valence-corrected chi connectivity index (χ4v) is 2.24. The van der Waals surface area contributed by atoms with Gasteiger partial charge in [-0.05, 0) is 25.2 Å². The maximum atomic E-state index is 11.6. The molecule has 84 valence electrons. The highest BCUT2D eigenvalue weighted by Crippen LogP contribution is 2.14. The van der Waals surface area contributed by atoms with Crippen LogP contribution in [0.3, 0.4) is 0 Å². The summed E-state index contributed by atoms with van der Waals surface area (Å²) in [6.07, 6.45) is 0. The Kier molecular flexibility index (Phi) is 4.26. The minimum atomic E-state index is -3.35. The van der Waals surface area contributed by atoms with Gasteiger partial charge in [-0.15, -0.1) is 0 Å². The first-order valence-corrected chi connectivity index (χ1v) is 6.32. The van der Waals surface area contributed by atoms with E-state index in [4.69, 9.17) is 0 Å². The first-order valence-electron chi connectivity index (χ1n) is 4.84. The van der Waals surface area contributed by atoms with Crippen molar-refractivity contribution < 1.29 is 8.42 Å². The van der Waals surface area contributed by atoms with Gasteiger partial charge in [-0.3, -0.25) is 0 Å². The number of rotatable bonds is 5. The highest BCUT2D eigenvalue weighted by Gasteiger charge is 2.14. The van der Waals surface area contributed by atoms with Gasteiger partial charge in [0.15, 0.2) is 0 Å². The molecule has 1 aromatic rings. The van der Waals surface area contributed by atoms with Gasteiger partial charge in [0.1, 0.15) is 0 Å². The van der Waals surface area contributed by atoms with E-state index in [0.717, 1.165) is 12.1 Å². The zero-order chi connectivity index (χ0) is 11.3. The predicted octanol–water partition coefficient (Wildman–Crippen LogP) is 0.704. The second-order valence-electron chi connectivity index (χ2n) is 3.10. The highest BCUT2D eigenvalue weighted by molar-refractivity contribution is 7.89. The molecule has 0 bridgehead atoms. The summed E-state index contributed by atoms with van der Waals surface area (Å²) in [5.41, 5.74) is 0.786. The van der Waals surface area contributed by atoms with Gasteiger partial charge >= 0.3 is 0 Å². The molecule has 0 heterocycles. The zero-order valence-electron chi connectivity index (χ0n) is 8.95. The van der Waals surface area contributed by atoms with Gasteiger partial charge in [-0.2, -0.15) is 0 Å². The number of nitrogens with one attached hydrogen (secondary N) is 2. The van der Waals surface area contributed by atoms with Gasteiger partial charge in [0.25, 0.3) is 0 Å². The normalized spacial score (nSPS) is 11.6. The third-order valence-electron chi connectivity index (χ3n) is 2.10. The lowest BCUT2D eigenvalue weighted by molar-refractivity contribution is 0.585. The van der Waals surface area contributed by atoms with Crippen LogP contribution in [0.1, 0.15) is 12.5 Å². The Bertz CT molecular complexity index is 415. The maximum Gasteiger partial charge on any atom is 0.240 e. The third-order valence-corrected chi connectivity index (χ3v) is 3.61. The van der Waals surface area contributed by atoms with Crippen molar-refractivity contribution in [3.05, 3.63) is 29.8 Å². The fourth-order valence-electron chi connectivity index (χ4n) is 1.28. The van der Waals surface area contributed by atoms with E-state index in [1.54, 1.807) is 12.1 Å². The van der Waals surface area contributed by atoms with Gasteiger partial charge < -0.3 is 5.32 Å². The molecule has 2 N–H and O–H groups in total. The van der Waals surface area contributed by atoms with Gasteiger partial charge in [0.05, 0.1) is 4.90 Å². The molecule has 1 rings (SSSR count). The fraction of sp³-hybridized carbons (Fsp3) is 0.400. The van der Waals surface area contributed by atoms with E-state index < -0.39 is 10.0 Å². The van der Waals surface area contributed by atoms with Crippen molar-refractivity contribution in [3.63, 3.8) is 0 Å². The Morgan fingerprint density at radius 1 is 1.27 bits per heavy atom. The Morgan fingerprint density at radius 2 is 1.93 bits per heavy atom. The first-order chi connectivity index (χ1) is 7.11. The average molecular weight is 228 g/mol. The SMILES string of the molecule is CCNCc1ccccc1S(=O)(=O)NC. The van der Waals surface area contributed by atoms with Crippen LogP contribution in [-0.4, -0.2) is 22.0 Å². The lowest BCUT2D eigenvalue weighted by Gasteiger charge is -2.09. The smallest absolute Gasteiger partial charge is 0.240 e. The highest BCUT2D eigenvalue weighted by atomic mass is 32.2. The van der Waals surface area contributed by atoms with Crippen LogP contribution in [0, 0.1) is 0 Å². The van der Waals surface area contributed by atoms with Crippen LogP contribution >= 0.6 is 0 Å². The van der Waals surface area contributed by atoms with E-state index >= 15 is 0 Å². The molecule has 0 aliphatic rings. The Balaban J connectivity index is 3.07. The lowest BCUT2D eigenvalue weighted by Crippen LogP contribution is -2.22. The molecular formula is C10H16N2O2S. The molecule has 0 saturated carbocycles. The molecule has 0 atom stereocenters. The first kappa shape index (κ1) is 12.2. The van der Waals surface area contributed by atoms with Crippen molar-refractivity contribution in [1.82, 2.24) is 10.0 Å². The molecule has 0 aliphatic heterocycles. The monoisotopic (exact) mass is 228 g/mol. The van der Waals surface area contributed by atoms with E-state index in [1.807, 2.05) is 19.1 Å². The van der Waals surface area contributed by atoms with E-state index in [2.05, 4.69) is 10.0 Å². The Morgan fingerprint density at radius 3 is 2.53 bits per heavy atom. The molecule has 1 aromatic carbocycles. The van der Waals surface area contributed by atoms with Crippen LogP contribution in [0.2, 0.25) is 0 Å². The topological polar surface area (TPSA) is 58.2 Å². The van der Waals surface area contributed by atoms with Crippen molar-refractivity contribution in [2.45, 2.75) is 18.4 Å². The second kappa shape index (κ2) is 5.25. The summed E-state index contributed by atoms with van der Waals surface area (Å²) in [6.45, 7) is 3.36. The molecule has 5 heteroatoms. The van der Waals surface area contributed by atoms with Gasteiger partial charge in [-0.1, -0.05) is 25.1 Å². The maximum absolute atomic E-state index is 11.6. The molecule has 0 radical (unpaired) electrons. The zero-order valence-corrected chi connectivity index (χ0v) is 9.76. The van der Waals surface area contributed by atoms with Gasteiger partial charge in [0, 0.05) is 6.54 Å². The average Bonchev–Trinajstić information content (AvgIpc) is 2.26. The molecule has 4 nitrogen and oxygen atoms in total. The molecule has 0 aromatic heterocycles. The van der Waals surface area contributed by atoms with Gasteiger partial charge in [0.2, 0.25) is 10.0 Å². The second-order valence-corrected chi connectivity index (χ2v) is 4.95. The number of hydrogen-bond donors (Lipinski definition) is 2. The predicted molar refractivity (Wildman–Crippen MR) is 60.1 cm³/mol. The van der Waals surface area contributed by atoms with E-state index in [9.17, 15) is 8.42 Å². The summed E-state index contributed by atoms with van der Waals surface area (Å²) in [5, 5.41) is 3.11. The van der Waals surface area contributed by atoms with Crippen LogP contribution in [0.15, 0.2) is 29.2 Å². The minimum absolute atomic E-state index is 0.341. The van der Waals surface area contributed by atoms with Crippen molar-refractivity contribution in [2.24, 2.45) is 0 Å². The Hall–Kier alpha value is -0.910. The van der Waals surface area contributed by atoms with Crippen LogP contribution in [0.25, 0.3) is 0 Å². The van der Waals surface area contributed by atoms with Crippen LogP contribution in [0.4, 0.5) is 0 Å². The molecule has 15 heavy (non-hydrogen) atoms. The molecular weight excluding hydrogens is 212 g/mol. The number of sulfonamides is 1. The molecule has 0 amide bonds. The molecule has 0 aliphatic carbocycles. The van der Waals surface area contributed by atoms with Crippen LogP contribution in [0.5, 0.6) is 0 Å². The van der Waals surface area contributed by atoms with Crippen molar-refractivity contribution in [2.75, 3.05) is 13.6 Å². The molecule has 0 spiro atoms. The molecule has 0 fully saturated rings. The van der Waals surface area contributed by atoms with E-state index in [1.165, 1.54) is 7.05 Å². The van der Waals surface area contributed by atoms with Crippen LogP contribution in [-0.2, 0) is 16.6 Å². The quantitative estimate of drug-likeness (QED) is 0.780. The third kappa shape index (κ3) is 3.02. The minimum Gasteiger partial charge on any atom is -0.313 e. The summed E-state index contributed by atoms with van der Waals surface area (Å²) in [5.74, 6) is 0. The van der Waals surface area contributed by atoms with Crippen molar-refractivity contribution in [1.29, 1.82) is 0 Å². The Labute approximate surface area is 90.8 Å².